The van der Waals surface area contributed by atoms with Gasteiger partial charge in [0.05, 0.1) is 24.4 Å². The molecule has 6 heteroatoms. The molecule has 0 spiro atoms. The van der Waals surface area contributed by atoms with Crippen LogP contribution in [0.25, 0.3) is 0 Å². The van der Waals surface area contributed by atoms with Crippen LogP contribution >= 0.6 is 0 Å². The fourth-order valence-corrected chi connectivity index (χ4v) is 5.04. The third-order valence-corrected chi connectivity index (χ3v) is 6.72. The predicted octanol–water partition coefficient (Wildman–Crippen LogP) is 2.04. The molecule has 1 saturated carbocycles. The minimum atomic E-state index is -0.751. The van der Waals surface area contributed by atoms with Gasteiger partial charge in [0, 0.05) is 50.7 Å². The Morgan fingerprint density at radius 2 is 1.96 bits per heavy atom. The van der Waals surface area contributed by atoms with E-state index in [9.17, 15) is 10.1 Å². The molecule has 0 unspecified atom stereocenters. The number of aliphatic carboxylic acids is 1. The van der Waals surface area contributed by atoms with Gasteiger partial charge in [0.15, 0.2) is 0 Å². The van der Waals surface area contributed by atoms with Crippen molar-refractivity contribution >= 4 is 5.97 Å². The molecule has 1 aromatic carbocycles. The molecule has 1 aliphatic carbocycles. The van der Waals surface area contributed by atoms with Crippen molar-refractivity contribution in [1.82, 2.24) is 15.1 Å². The fourth-order valence-electron chi connectivity index (χ4n) is 5.04. The van der Waals surface area contributed by atoms with E-state index < -0.39 is 5.97 Å². The molecule has 1 aromatic rings. The lowest BCUT2D eigenvalue weighted by Gasteiger charge is -2.56. The quantitative estimate of drug-likeness (QED) is 0.716. The fraction of sp³-hybridized carbons (Fsp3) is 0.636. The minimum Gasteiger partial charge on any atom is -0.481 e. The molecule has 0 radical (unpaired) electrons. The first kappa shape index (κ1) is 19.4. The zero-order valence-corrected chi connectivity index (χ0v) is 16.4. The number of benzene rings is 1. The van der Waals surface area contributed by atoms with E-state index in [2.05, 4.69) is 51.5 Å². The number of piperidine rings is 1. The molecule has 0 aromatic heterocycles. The molecule has 0 amide bonds. The number of hydrogen-bond donors (Lipinski definition) is 2. The molecule has 3 aliphatic rings. The van der Waals surface area contributed by atoms with Crippen LogP contribution in [0.5, 0.6) is 0 Å². The highest BCUT2D eigenvalue weighted by Gasteiger charge is 2.48. The van der Waals surface area contributed by atoms with Crippen molar-refractivity contribution in [3.05, 3.63) is 35.9 Å². The maximum Gasteiger partial charge on any atom is 0.304 e. The Morgan fingerprint density at radius 3 is 2.61 bits per heavy atom. The van der Waals surface area contributed by atoms with Crippen molar-refractivity contribution in [1.29, 1.82) is 5.26 Å². The molecule has 150 valence electrons. The van der Waals surface area contributed by atoms with Crippen LogP contribution in [-0.4, -0.2) is 71.2 Å². The van der Waals surface area contributed by atoms with Crippen molar-refractivity contribution < 1.29 is 9.90 Å². The Kier molecular flexibility index (Phi) is 5.68. The third kappa shape index (κ3) is 4.22. The van der Waals surface area contributed by atoms with Gasteiger partial charge in [-0.25, -0.2) is 0 Å². The monoisotopic (exact) mass is 382 g/mol. The van der Waals surface area contributed by atoms with E-state index in [0.717, 1.165) is 39.0 Å². The molecule has 28 heavy (non-hydrogen) atoms. The first-order valence-electron chi connectivity index (χ1n) is 10.5. The van der Waals surface area contributed by atoms with Crippen LogP contribution in [0.15, 0.2) is 30.3 Å². The predicted molar refractivity (Wildman–Crippen MR) is 107 cm³/mol. The second-order valence-electron chi connectivity index (χ2n) is 8.70. The van der Waals surface area contributed by atoms with Gasteiger partial charge < -0.3 is 10.4 Å². The van der Waals surface area contributed by atoms with Crippen molar-refractivity contribution in [2.45, 2.75) is 55.6 Å². The van der Waals surface area contributed by atoms with E-state index >= 15 is 0 Å². The van der Waals surface area contributed by atoms with Gasteiger partial charge in [0.25, 0.3) is 0 Å². The van der Waals surface area contributed by atoms with Gasteiger partial charge in [0.1, 0.15) is 0 Å². The topological polar surface area (TPSA) is 79.6 Å². The van der Waals surface area contributed by atoms with Crippen molar-refractivity contribution in [2.24, 2.45) is 0 Å². The van der Waals surface area contributed by atoms with Gasteiger partial charge in [-0.05, 0) is 24.8 Å². The van der Waals surface area contributed by atoms with Gasteiger partial charge >= 0.3 is 5.97 Å². The van der Waals surface area contributed by atoms with E-state index in [1.54, 1.807) is 0 Å². The number of nitrogens with one attached hydrogen (secondary N) is 1. The number of nitriles is 1. The van der Waals surface area contributed by atoms with Crippen LogP contribution in [0, 0.1) is 11.3 Å². The average Bonchev–Trinajstić information content (AvgIpc) is 3.44. The van der Waals surface area contributed by atoms with Gasteiger partial charge in [-0.1, -0.05) is 30.3 Å². The smallest absolute Gasteiger partial charge is 0.304 e. The first-order valence-corrected chi connectivity index (χ1v) is 10.5. The lowest BCUT2D eigenvalue weighted by molar-refractivity contribution is -0.138. The van der Waals surface area contributed by atoms with Crippen LogP contribution in [0.4, 0.5) is 0 Å². The molecule has 2 atom stereocenters. The van der Waals surface area contributed by atoms with E-state index in [-0.39, 0.29) is 12.0 Å². The average molecular weight is 383 g/mol. The Balaban J connectivity index is 1.23. The maximum absolute atomic E-state index is 10.8. The highest BCUT2D eigenvalue weighted by atomic mass is 16.4. The zero-order valence-electron chi connectivity index (χ0n) is 16.4. The number of nitrogens with zero attached hydrogens (tertiary/aromatic N) is 3. The van der Waals surface area contributed by atoms with Crippen LogP contribution in [0.1, 0.15) is 43.6 Å². The van der Waals surface area contributed by atoms with Gasteiger partial charge in [-0.15, -0.1) is 0 Å². The van der Waals surface area contributed by atoms with Crippen LogP contribution in [0.2, 0.25) is 0 Å². The van der Waals surface area contributed by atoms with Crippen LogP contribution in [-0.2, 0) is 4.79 Å². The van der Waals surface area contributed by atoms with E-state index in [0.29, 0.717) is 31.0 Å². The summed E-state index contributed by atoms with van der Waals surface area (Å²) >= 11 is 0. The summed E-state index contributed by atoms with van der Waals surface area (Å²) in [5.41, 5.74) is 1.38. The molecule has 6 nitrogen and oxygen atoms in total. The number of carboxylic acid groups (broad SMARTS) is 1. The Hall–Kier alpha value is -1.94. The highest BCUT2D eigenvalue weighted by molar-refractivity contribution is 5.66. The molecular weight excluding hydrogens is 352 g/mol. The van der Waals surface area contributed by atoms with Crippen molar-refractivity contribution in [3.8, 4) is 6.07 Å². The summed E-state index contributed by atoms with van der Waals surface area (Å²) < 4.78 is 0. The summed E-state index contributed by atoms with van der Waals surface area (Å²) in [6.45, 7) is 4.28. The second kappa shape index (κ2) is 8.20. The summed E-state index contributed by atoms with van der Waals surface area (Å²) in [5, 5.41) is 22.0. The minimum absolute atomic E-state index is 0.0651. The summed E-state index contributed by atoms with van der Waals surface area (Å²) in [6.07, 6.45) is 4.20. The molecule has 0 bridgehead atoms. The number of carbonyl (C=O) groups is 1. The molecule has 2 saturated heterocycles. The highest BCUT2D eigenvalue weighted by Crippen LogP contribution is 2.41. The number of likely N-dealkylation sites (tertiary alicyclic amines) is 2. The summed E-state index contributed by atoms with van der Waals surface area (Å²) in [6, 6.07) is 14.3. The molecule has 2 aliphatic heterocycles. The van der Waals surface area contributed by atoms with Crippen LogP contribution in [0.3, 0.4) is 0 Å². The lowest BCUT2D eigenvalue weighted by Crippen LogP contribution is -2.71. The molecule has 3 fully saturated rings. The summed E-state index contributed by atoms with van der Waals surface area (Å²) in [5.74, 6) is -0.0860. The second-order valence-corrected chi connectivity index (χ2v) is 8.70. The molecule has 4 rings (SSSR count). The third-order valence-electron chi connectivity index (χ3n) is 6.72. The largest absolute Gasteiger partial charge is 0.481 e. The Labute approximate surface area is 167 Å². The maximum atomic E-state index is 10.8. The van der Waals surface area contributed by atoms with Gasteiger partial charge in [0.2, 0.25) is 0 Å². The number of rotatable bonds is 8. The molecule has 2 heterocycles. The van der Waals surface area contributed by atoms with Gasteiger partial charge in [-0.3, -0.25) is 14.6 Å². The van der Waals surface area contributed by atoms with E-state index in [1.165, 1.54) is 12.0 Å². The molecule has 2 N–H and O–H groups in total. The van der Waals surface area contributed by atoms with Crippen molar-refractivity contribution in [3.63, 3.8) is 0 Å². The zero-order chi connectivity index (χ0) is 19.6. The SMILES string of the molecule is N#CCC1(N2CCC(N[C@@H]3C[C@H]3c3ccccc3)CC2)CN(CCC(=O)O)C1. The first-order chi connectivity index (χ1) is 13.6. The lowest BCUT2D eigenvalue weighted by atomic mass is 9.82. The number of carboxylic acids is 1. The van der Waals surface area contributed by atoms with Crippen LogP contribution < -0.4 is 5.32 Å². The van der Waals surface area contributed by atoms with Crippen molar-refractivity contribution in [2.75, 3.05) is 32.7 Å². The van der Waals surface area contributed by atoms with Gasteiger partial charge in [-0.2, -0.15) is 5.26 Å². The van der Waals surface area contributed by atoms with E-state index in [4.69, 9.17) is 5.11 Å². The standard InChI is InChI=1S/C22H30N4O2/c23-10-9-22(15-25(16-22)11-8-21(27)28)26-12-6-18(7-13-26)24-20-14-19(20)17-4-2-1-3-5-17/h1-5,18-20,24H,6-9,11-16H2,(H,27,28)/t19-,20+/m0/s1. The Morgan fingerprint density at radius 1 is 1.25 bits per heavy atom. The normalized spacial score (nSPS) is 27.7. The number of hydrogen-bond acceptors (Lipinski definition) is 5. The van der Waals surface area contributed by atoms with E-state index in [1.807, 2.05) is 0 Å². The summed E-state index contributed by atoms with van der Waals surface area (Å²) in [4.78, 5) is 15.4. The Bertz CT molecular complexity index is 718. The molecular formula is C22H30N4O2. The summed E-state index contributed by atoms with van der Waals surface area (Å²) in [7, 11) is 0.